The van der Waals surface area contributed by atoms with Crippen molar-refractivity contribution in [2.45, 2.75) is 70.8 Å². The molecule has 2 aliphatic rings. The number of ether oxygens (including phenoxy) is 1. The van der Waals surface area contributed by atoms with Crippen LogP contribution in [0.15, 0.2) is 18.2 Å². The molecule has 160 valence electrons. The van der Waals surface area contributed by atoms with Crippen molar-refractivity contribution >= 4 is 17.6 Å². The SMILES string of the molecule is CC(C)(C)OC(=O)[C@H]1CC[C@H](C(=O)N2CCC(c3ccc(N)cc3F)CC2)CC1. The largest absolute Gasteiger partial charge is 0.460 e. The van der Waals surface area contributed by atoms with Crippen molar-refractivity contribution in [2.75, 3.05) is 18.8 Å². The summed E-state index contributed by atoms with van der Waals surface area (Å²) in [7, 11) is 0. The lowest BCUT2D eigenvalue weighted by atomic mass is 9.80. The first-order valence-corrected chi connectivity index (χ1v) is 10.7. The number of hydrogen-bond acceptors (Lipinski definition) is 4. The number of halogens is 1. The molecular formula is C23H33FN2O3. The molecule has 1 aromatic carbocycles. The molecule has 29 heavy (non-hydrogen) atoms. The van der Waals surface area contributed by atoms with Gasteiger partial charge in [-0.2, -0.15) is 0 Å². The van der Waals surface area contributed by atoms with Crippen LogP contribution in [0.1, 0.15) is 70.8 Å². The molecule has 0 spiro atoms. The van der Waals surface area contributed by atoms with Crippen molar-refractivity contribution in [1.82, 2.24) is 4.90 Å². The second kappa shape index (κ2) is 8.72. The quantitative estimate of drug-likeness (QED) is 0.603. The van der Waals surface area contributed by atoms with Gasteiger partial charge in [-0.15, -0.1) is 0 Å². The van der Waals surface area contributed by atoms with Gasteiger partial charge in [0.25, 0.3) is 0 Å². The average Bonchev–Trinajstić information content (AvgIpc) is 2.66. The number of benzene rings is 1. The summed E-state index contributed by atoms with van der Waals surface area (Å²) in [4.78, 5) is 27.1. The van der Waals surface area contributed by atoms with Crippen molar-refractivity contribution < 1.29 is 18.7 Å². The molecule has 0 radical (unpaired) electrons. The molecule has 5 nitrogen and oxygen atoms in total. The highest BCUT2D eigenvalue weighted by Crippen LogP contribution is 2.35. The van der Waals surface area contributed by atoms with Crippen LogP contribution < -0.4 is 5.73 Å². The Morgan fingerprint density at radius 3 is 2.17 bits per heavy atom. The van der Waals surface area contributed by atoms with Crippen molar-refractivity contribution in [3.05, 3.63) is 29.6 Å². The summed E-state index contributed by atoms with van der Waals surface area (Å²) >= 11 is 0. The molecule has 1 saturated carbocycles. The smallest absolute Gasteiger partial charge is 0.309 e. The average molecular weight is 405 g/mol. The first-order chi connectivity index (χ1) is 13.6. The van der Waals surface area contributed by atoms with E-state index in [1.165, 1.54) is 6.07 Å². The zero-order chi connectivity index (χ0) is 21.2. The third-order valence-electron chi connectivity index (χ3n) is 6.09. The van der Waals surface area contributed by atoms with Crippen molar-refractivity contribution in [2.24, 2.45) is 11.8 Å². The number of nitrogens with zero attached hydrogens (tertiary/aromatic N) is 1. The van der Waals surface area contributed by atoms with Gasteiger partial charge in [0.1, 0.15) is 11.4 Å². The third-order valence-corrected chi connectivity index (χ3v) is 6.09. The summed E-state index contributed by atoms with van der Waals surface area (Å²) in [5.41, 5.74) is 6.29. The minimum Gasteiger partial charge on any atom is -0.460 e. The van der Waals surface area contributed by atoms with Crippen LogP contribution in [0.2, 0.25) is 0 Å². The first-order valence-electron chi connectivity index (χ1n) is 10.7. The Labute approximate surface area is 172 Å². The Morgan fingerprint density at radius 1 is 1.03 bits per heavy atom. The van der Waals surface area contributed by atoms with E-state index in [1.54, 1.807) is 12.1 Å². The molecule has 0 atom stereocenters. The highest BCUT2D eigenvalue weighted by atomic mass is 19.1. The zero-order valence-electron chi connectivity index (χ0n) is 17.7. The highest BCUT2D eigenvalue weighted by Gasteiger charge is 2.35. The van der Waals surface area contributed by atoms with E-state index in [0.29, 0.717) is 37.2 Å². The summed E-state index contributed by atoms with van der Waals surface area (Å²) in [6.45, 7) is 6.93. The Bertz CT molecular complexity index is 743. The van der Waals surface area contributed by atoms with E-state index in [9.17, 15) is 14.0 Å². The van der Waals surface area contributed by atoms with Gasteiger partial charge in [-0.05, 0) is 82.9 Å². The number of likely N-dealkylation sites (tertiary alicyclic amines) is 1. The molecule has 1 aliphatic carbocycles. The van der Waals surface area contributed by atoms with Gasteiger partial charge < -0.3 is 15.4 Å². The van der Waals surface area contributed by atoms with Gasteiger partial charge in [0.15, 0.2) is 0 Å². The fourth-order valence-electron chi connectivity index (χ4n) is 4.50. The van der Waals surface area contributed by atoms with Crippen LogP contribution in [0.4, 0.5) is 10.1 Å². The zero-order valence-corrected chi connectivity index (χ0v) is 17.7. The van der Waals surface area contributed by atoms with Crippen molar-refractivity contribution in [1.29, 1.82) is 0 Å². The van der Waals surface area contributed by atoms with Gasteiger partial charge in [-0.25, -0.2) is 4.39 Å². The first kappa shape index (κ1) is 21.6. The van der Waals surface area contributed by atoms with E-state index in [1.807, 2.05) is 25.7 Å². The molecule has 3 rings (SSSR count). The number of esters is 1. The van der Waals surface area contributed by atoms with Gasteiger partial charge in [-0.3, -0.25) is 9.59 Å². The monoisotopic (exact) mass is 404 g/mol. The van der Waals surface area contributed by atoms with Crippen LogP contribution in [-0.2, 0) is 14.3 Å². The molecule has 2 N–H and O–H groups in total. The number of piperidine rings is 1. The Kier molecular flexibility index (Phi) is 6.49. The lowest BCUT2D eigenvalue weighted by Gasteiger charge is -2.36. The number of carbonyl (C=O) groups is 2. The minimum absolute atomic E-state index is 0.0153. The van der Waals surface area contributed by atoms with E-state index in [0.717, 1.165) is 25.7 Å². The second-order valence-electron chi connectivity index (χ2n) is 9.46. The van der Waals surface area contributed by atoms with Gasteiger partial charge in [-0.1, -0.05) is 6.07 Å². The molecule has 1 saturated heterocycles. The maximum Gasteiger partial charge on any atom is 0.309 e. The number of amides is 1. The summed E-state index contributed by atoms with van der Waals surface area (Å²) in [6.07, 6.45) is 4.40. The summed E-state index contributed by atoms with van der Waals surface area (Å²) < 4.78 is 19.7. The van der Waals surface area contributed by atoms with Crippen LogP contribution in [0, 0.1) is 17.7 Å². The molecule has 1 amide bonds. The number of anilines is 1. The molecule has 2 fully saturated rings. The second-order valence-corrected chi connectivity index (χ2v) is 9.46. The Hall–Kier alpha value is -2.11. The van der Waals surface area contributed by atoms with Crippen LogP contribution in [-0.4, -0.2) is 35.5 Å². The minimum atomic E-state index is -0.474. The molecular weight excluding hydrogens is 371 g/mol. The predicted octanol–water partition coefficient (Wildman–Crippen LogP) is 4.26. The molecule has 1 aliphatic heterocycles. The molecule has 0 aromatic heterocycles. The third kappa shape index (κ3) is 5.49. The molecule has 0 bridgehead atoms. The van der Waals surface area contributed by atoms with Crippen LogP contribution in [0.25, 0.3) is 0 Å². The topological polar surface area (TPSA) is 72.6 Å². The number of nitrogen functional groups attached to an aromatic ring is 1. The van der Waals surface area contributed by atoms with Crippen LogP contribution in [0.5, 0.6) is 0 Å². The maximum absolute atomic E-state index is 14.2. The van der Waals surface area contributed by atoms with Gasteiger partial charge >= 0.3 is 5.97 Å². The van der Waals surface area contributed by atoms with E-state index in [4.69, 9.17) is 10.5 Å². The fraction of sp³-hybridized carbons (Fsp3) is 0.652. The number of hydrogen-bond donors (Lipinski definition) is 1. The Balaban J connectivity index is 1.48. The summed E-state index contributed by atoms with van der Waals surface area (Å²) in [5.74, 6) is -0.201. The van der Waals surface area contributed by atoms with Gasteiger partial charge in [0.05, 0.1) is 5.92 Å². The standard InChI is InChI=1S/C23H33FN2O3/c1-23(2,3)29-22(28)17-6-4-16(5-7-17)21(27)26-12-10-15(11-13-26)19-9-8-18(25)14-20(19)24/h8-9,14-17H,4-7,10-13,25H2,1-3H3/t16-,17-. The van der Waals surface area contributed by atoms with E-state index in [-0.39, 0.29) is 35.4 Å². The molecule has 1 aromatic rings. The summed E-state index contributed by atoms with van der Waals surface area (Å²) in [6, 6.07) is 4.87. The van der Waals surface area contributed by atoms with E-state index < -0.39 is 5.60 Å². The lowest BCUT2D eigenvalue weighted by molar-refractivity contribution is -0.162. The van der Waals surface area contributed by atoms with Gasteiger partial charge in [0, 0.05) is 24.7 Å². The predicted molar refractivity (Wildman–Crippen MR) is 111 cm³/mol. The number of rotatable bonds is 3. The lowest BCUT2D eigenvalue weighted by Crippen LogP contribution is -2.43. The Morgan fingerprint density at radius 2 is 1.62 bits per heavy atom. The van der Waals surface area contributed by atoms with Crippen LogP contribution in [0.3, 0.4) is 0 Å². The number of carbonyl (C=O) groups excluding carboxylic acids is 2. The van der Waals surface area contributed by atoms with Gasteiger partial charge in [0.2, 0.25) is 5.91 Å². The fourth-order valence-corrected chi connectivity index (χ4v) is 4.50. The molecule has 6 heteroatoms. The van der Waals surface area contributed by atoms with E-state index in [2.05, 4.69) is 0 Å². The van der Waals surface area contributed by atoms with Crippen LogP contribution >= 0.6 is 0 Å². The van der Waals surface area contributed by atoms with Crippen molar-refractivity contribution in [3.8, 4) is 0 Å². The highest BCUT2D eigenvalue weighted by molar-refractivity contribution is 5.80. The normalized spacial score (nSPS) is 23.7. The molecule has 1 heterocycles. The number of nitrogens with two attached hydrogens (primary N) is 1. The summed E-state index contributed by atoms with van der Waals surface area (Å²) in [5, 5.41) is 0. The molecule has 0 unspecified atom stereocenters. The maximum atomic E-state index is 14.2. The van der Waals surface area contributed by atoms with E-state index >= 15 is 0 Å². The van der Waals surface area contributed by atoms with Crippen molar-refractivity contribution in [3.63, 3.8) is 0 Å².